The third-order valence-corrected chi connectivity index (χ3v) is 5.31. The number of unbranched alkanes of at least 4 members (excludes halogenated alkanes) is 2. The van der Waals surface area contributed by atoms with Gasteiger partial charge in [-0.1, -0.05) is 36.4 Å². The van der Waals surface area contributed by atoms with Crippen LogP contribution in [0.15, 0.2) is 60.7 Å². The summed E-state index contributed by atoms with van der Waals surface area (Å²) < 4.78 is 0. The van der Waals surface area contributed by atoms with Crippen LogP contribution in [0.5, 0.6) is 0 Å². The number of rotatable bonds is 12. The van der Waals surface area contributed by atoms with Gasteiger partial charge in [0.2, 0.25) is 11.8 Å². The van der Waals surface area contributed by atoms with Gasteiger partial charge in [0.25, 0.3) is 0 Å². The summed E-state index contributed by atoms with van der Waals surface area (Å²) in [5, 5.41) is 12.5. The molecule has 0 aromatic heterocycles. The molecule has 2 aromatic rings. The van der Waals surface area contributed by atoms with E-state index in [1.165, 1.54) is 0 Å². The first kappa shape index (κ1) is 21.7. The van der Waals surface area contributed by atoms with Crippen LogP contribution in [-0.2, 0) is 9.59 Å². The van der Waals surface area contributed by atoms with Crippen LogP contribution in [0.2, 0.25) is 0 Å². The average Bonchev–Trinajstić information content (AvgIpc) is 2.77. The van der Waals surface area contributed by atoms with Crippen LogP contribution >= 0.6 is 0 Å². The van der Waals surface area contributed by atoms with Crippen LogP contribution in [-0.4, -0.2) is 37.0 Å². The number of nitrogens with one attached hydrogen (secondary N) is 4. The maximum atomic E-state index is 12.4. The molecule has 2 aromatic carbocycles. The van der Waals surface area contributed by atoms with Gasteiger partial charge < -0.3 is 21.3 Å². The highest BCUT2D eigenvalue weighted by Crippen LogP contribution is 2.12. The van der Waals surface area contributed by atoms with E-state index in [0.717, 1.165) is 50.1 Å². The molecule has 2 amide bonds. The van der Waals surface area contributed by atoms with Crippen molar-refractivity contribution in [2.24, 2.45) is 0 Å². The topological polar surface area (TPSA) is 82.3 Å². The molecule has 0 saturated carbocycles. The summed E-state index contributed by atoms with van der Waals surface area (Å²) in [5.41, 5.74) is 2.20. The zero-order chi connectivity index (χ0) is 21.0. The molecule has 0 radical (unpaired) electrons. The zero-order valence-electron chi connectivity index (χ0n) is 17.4. The van der Waals surface area contributed by atoms with Gasteiger partial charge >= 0.3 is 0 Å². The van der Waals surface area contributed by atoms with Gasteiger partial charge in [-0.05, 0) is 62.8 Å². The van der Waals surface area contributed by atoms with E-state index >= 15 is 0 Å². The van der Waals surface area contributed by atoms with Crippen molar-refractivity contribution < 1.29 is 9.59 Å². The Kier molecular flexibility index (Phi) is 8.57. The monoisotopic (exact) mass is 408 g/mol. The van der Waals surface area contributed by atoms with Crippen LogP contribution in [0.3, 0.4) is 0 Å². The fraction of sp³-hybridized carbons (Fsp3) is 0.417. The first-order valence-electron chi connectivity index (χ1n) is 10.9. The molecule has 30 heavy (non-hydrogen) atoms. The number of carbonyl (C=O) groups is 2. The van der Waals surface area contributed by atoms with E-state index < -0.39 is 12.1 Å². The molecule has 1 fully saturated rings. The Morgan fingerprint density at radius 2 is 1.00 bits per heavy atom. The highest BCUT2D eigenvalue weighted by Gasteiger charge is 2.32. The second kappa shape index (κ2) is 11.9. The fourth-order valence-electron chi connectivity index (χ4n) is 3.61. The molecule has 160 valence electrons. The third kappa shape index (κ3) is 7.10. The van der Waals surface area contributed by atoms with Gasteiger partial charge in [0.05, 0.1) is 0 Å². The Labute approximate surface area is 178 Å². The molecule has 6 heteroatoms. The quantitative estimate of drug-likeness (QED) is 0.405. The van der Waals surface area contributed by atoms with Crippen molar-refractivity contribution in [3.05, 3.63) is 60.7 Å². The van der Waals surface area contributed by atoms with E-state index in [1.807, 2.05) is 60.7 Å². The van der Waals surface area contributed by atoms with Gasteiger partial charge in [0.15, 0.2) is 0 Å². The molecule has 2 unspecified atom stereocenters. The third-order valence-electron chi connectivity index (χ3n) is 5.31. The zero-order valence-corrected chi connectivity index (χ0v) is 17.4. The van der Waals surface area contributed by atoms with Gasteiger partial charge in [-0.15, -0.1) is 0 Å². The summed E-state index contributed by atoms with van der Waals surface area (Å²) in [7, 11) is 0. The molecular formula is C24H32N4O2. The summed E-state index contributed by atoms with van der Waals surface area (Å²) >= 11 is 0. The number of hydrogen-bond donors (Lipinski definition) is 4. The van der Waals surface area contributed by atoms with Crippen LogP contribution < -0.4 is 21.3 Å². The highest BCUT2D eigenvalue weighted by molar-refractivity contribution is 5.96. The van der Waals surface area contributed by atoms with E-state index in [9.17, 15) is 9.59 Å². The lowest BCUT2D eigenvalue weighted by Crippen LogP contribution is -2.61. The minimum absolute atomic E-state index is 0.0574. The standard InChI is InChI=1S/C24H32N4O2/c29-23-21(15-7-9-17-25-19-11-3-1-4-12-19)27-24(30)22(28-23)16-8-10-18-26-20-13-5-2-6-14-20/h1-6,11-14,21-22,25-26H,7-10,15-18H2,(H,27,30)(H,28,29). The maximum Gasteiger partial charge on any atom is 0.243 e. The number of piperazine rings is 1. The first-order valence-corrected chi connectivity index (χ1v) is 10.9. The predicted molar refractivity (Wildman–Crippen MR) is 121 cm³/mol. The molecule has 1 aliphatic rings. The summed E-state index contributed by atoms with van der Waals surface area (Å²) in [6.45, 7) is 1.71. The SMILES string of the molecule is O=C1NC(CCCCNc2ccccc2)C(=O)NC1CCCCNc1ccccc1. The maximum absolute atomic E-state index is 12.4. The van der Waals surface area contributed by atoms with Crippen LogP contribution in [0.25, 0.3) is 0 Å². The molecule has 1 aliphatic heterocycles. The summed E-state index contributed by atoms with van der Waals surface area (Å²) in [6, 6.07) is 19.3. The molecule has 3 rings (SSSR count). The van der Waals surface area contributed by atoms with Crippen LogP contribution in [0, 0.1) is 0 Å². The van der Waals surface area contributed by atoms with Gasteiger partial charge in [0.1, 0.15) is 12.1 Å². The second-order valence-corrected chi connectivity index (χ2v) is 7.70. The number of hydrogen-bond acceptors (Lipinski definition) is 4. The average molecular weight is 409 g/mol. The molecule has 1 saturated heterocycles. The largest absolute Gasteiger partial charge is 0.385 e. The van der Waals surface area contributed by atoms with E-state index in [4.69, 9.17) is 0 Å². The van der Waals surface area contributed by atoms with Gasteiger partial charge in [-0.3, -0.25) is 9.59 Å². The van der Waals surface area contributed by atoms with Gasteiger partial charge in [0, 0.05) is 24.5 Å². The fourth-order valence-corrected chi connectivity index (χ4v) is 3.61. The van der Waals surface area contributed by atoms with Gasteiger partial charge in [-0.2, -0.15) is 0 Å². The summed E-state index contributed by atoms with van der Waals surface area (Å²) in [6.07, 6.45) is 5.00. The van der Waals surface area contributed by atoms with Crippen molar-refractivity contribution in [3.8, 4) is 0 Å². The van der Waals surface area contributed by atoms with Crippen molar-refractivity contribution in [2.75, 3.05) is 23.7 Å². The number of carbonyl (C=O) groups excluding carboxylic acids is 2. The summed E-state index contributed by atoms with van der Waals surface area (Å²) in [4.78, 5) is 24.7. The second-order valence-electron chi connectivity index (χ2n) is 7.70. The van der Waals surface area contributed by atoms with Gasteiger partial charge in [-0.25, -0.2) is 0 Å². The Balaban J connectivity index is 1.27. The number of benzene rings is 2. The first-order chi connectivity index (χ1) is 14.7. The minimum Gasteiger partial charge on any atom is -0.385 e. The normalized spacial score (nSPS) is 18.4. The van der Waals surface area contributed by atoms with Crippen LogP contribution in [0.4, 0.5) is 11.4 Å². The van der Waals surface area contributed by atoms with Crippen molar-refractivity contribution in [1.29, 1.82) is 0 Å². The van der Waals surface area contributed by atoms with Crippen molar-refractivity contribution >= 4 is 23.2 Å². The van der Waals surface area contributed by atoms with Crippen molar-refractivity contribution in [1.82, 2.24) is 10.6 Å². The number of anilines is 2. The minimum atomic E-state index is -0.412. The van der Waals surface area contributed by atoms with E-state index in [-0.39, 0.29) is 11.8 Å². The van der Waals surface area contributed by atoms with E-state index in [1.54, 1.807) is 0 Å². The Bertz CT molecular complexity index is 715. The van der Waals surface area contributed by atoms with Crippen molar-refractivity contribution in [3.63, 3.8) is 0 Å². The molecule has 0 aliphatic carbocycles. The lowest BCUT2D eigenvalue weighted by molar-refractivity contribution is -0.137. The predicted octanol–water partition coefficient (Wildman–Crippen LogP) is 3.53. The number of amides is 2. The Hall–Kier alpha value is -3.02. The molecule has 6 nitrogen and oxygen atoms in total. The molecule has 4 N–H and O–H groups in total. The molecule has 0 bridgehead atoms. The Morgan fingerprint density at radius 3 is 1.40 bits per heavy atom. The smallest absolute Gasteiger partial charge is 0.243 e. The molecule has 1 heterocycles. The lowest BCUT2D eigenvalue weighted by atomic mass is 10.0. The van der Waals surface area contributed by atoms with E-state index in [2.05, 4.69) is 21.3 Å². The van der Waals surface area contributed by atoms with Crippen LogP contribution in [0.1, 0.15) is 38.5 Å². The highest BCUT2D eigenvalue weighted by atomic mass is 16.2. The molecular weight excluding hydrogens is 376 g/mol. The van der Waals surface area contributed by atoms with Crippen molar-refractivity contribution in [2.45, 2.75) is 50.6 Å². The van der Waals surface area contributed by atoms with E-state index in [0.29, 0.717) is 12.8 Å². The lowest BCUT2D eigenvalue weighted by Gasteiger charge is -2.29. The molecule has 0 spiro atoms. The Morgan fingerprint density at radius 1 is 0.600 bits per heavy atom. The molecule has 2 atom stereocenters. The summed E-state index contributed by atoms with van der Waals surface area (Å²) in [5.74, 6) is -0.115. The number of para-hydroxylation sites is 2.